The summed E-state index contributed by atoms with van der Waals surface area (Å²) in [6.07, 6.45) is 0. The van der Waals surface area contributed by atoms with E-state index in [-0.39, 0.29) is 23.9 Å². The number of hydrogen-bond donors (Lipinski definition) is 4. The molecule has 4 rings (SSSR count). The summed E-state index contributed by atoms with van der Waals surface area (Å²) in [4.78, 5) is 26.1. The van der Waals surface area contributed by atoms with Crippen LogP contribution in [0, 0.1) is 5.92 Å². The van der Waals surface area contributed by atoms with Crippen molar-refractivity contribution in [3.8, 4) is 0 Å². The third kappa shape index (κ3) is 3.26. The van der Waals surface area contributed by atoms with Crippen LogP contribution in [0.1, 0.15) is 11.6 Å². The Hall–Kier alpha value is -2.90. The van der Waals surface area contributed by atoms with E-state index in [0.29, 0.717) is 19.6 Å². The first-order valence-corrected chi connectivity index (χ1v) is 8.72. The van der Waals surface area contributed by atoms with Crippen LogP contribution < -0.4 is 26.4 Å². The largest absolute Gasteiger partial charge is 0.336 e. The first-order chi connectivity index (χ1) is 12.7. The zero-order chi connectivity index (χ0) is 17.9. The van der Waals surface area contributed by atoms with Gasteiger partial charge in [-0.25, -0.2) is 10.2 Å². The highest BCUT2D eigenvalue weighted by Gasteiger charge is 2.33. The average molecular weight is 351 g/mol. The molecule has 26 heavy (non-hydrogen) atoms. The lowest BCUT2D eigenvalue weighted by molar-refractivity contribution is -0.119. The number of hydrogen-bond acceptors (Lipinski definition) is 4. The Balaban J connectivity index is 1.43. The molecule has 2 fully saturated rings. The van der Waals surface area contributed by atoms with Gasteiger partial charge in [0, 0.05) is 31.0 Å². The third-order valence-electron chi connectivity index (χ3n) is 4.78. The number of nitrogens with zero attached hydrogens (tertiary/aromatic N) is 1. The van der Waals surface area contributed by atoms with E-state index in [9.17, 15) is 9.59 Å². The molecule has 2 aliphatic rings. The van der Waals surface area contributed by atoms with E-state index in [4.69, 9.17) is 0 Å². The van der Waals surface area contributed by atoms with Crippen molar-refractivity contribution in [3.63, 3.8) is 0 Å². The number of anilines is 2. The van der Waals surface area contributed by atoms with Gasteiger partial charge in [0.15, 0.2) is 0 Å². The fraction of sp³-hybridized carbons (Fsp3) is 0.263. The highest BCUT2D eigenvalue weighted by atomic mass is 16.2. The first-order valence-electron chi connectivity index (χ1n) is 8.72. The van der Waals surface area contributed by atoms with Crippen LogP contribution in [0.3, 0.4) is 0 Å². The van der Waals surface area contributed by atoms with Crippen LogP contribution in [0.25, 0.3) is 0 Å². The second kappa shape index (κ2) is 7.15. The van der Waals surface area contributed by atoms with E-state index < -0.39 is 0 Å². The van der Waals surface area contributed by atoms with Crippen molar-refractivity contribution in [2.75, 3.05) is 29.9 Å². The summed E-state index contributed by atoms with van der Waals surface area (Å²) in [5, 5.41) is 5.75. The summed E-state index contributed by atoms with van der Waals surface area (Å²) in [7, 11) is 0. The maximum atomic E-state index is 12.7. The van der Waals surface area contributed by atoms with Crippen LogP contribution in [0.5, 0.6) is 0 Å². The van der Waals surface area contributed by atoms with Gasteiger partial charge in [-0.3, -0.25) is 15.1 Å². The number of amides is 3. The molecule has 0 saturated carbocycles. The average Bonchev–Trinajstić information content (AvgIpc) is 3.32. The van der Waals surface area contributed by atoms with Gasteiger partial charge in [-0.2, -0.15) is 0 Å². The Labute approximate surface area is 151 Å². The number of urea groups is 1. The minimum atomic E-state index is -0.207. The summed E-state index contributed by atoms with van der Waals surface area (Å²) < 4.78 is 0. The fourth-order valence-electron chi connectivity index (χ4n) is 3.40. The van der Waals surface area contributed by atoms with Gasteiger partial charge >= 0.3 is 6.03 Å². The van der Waals surface area contributed by atoms with Gasteiger partial charge in [0.2, 0.25) is 5.91 Å². The second-order valence-corrected chi connectivity index (χ2v) is 6.44. The van der Waals surface area contributed by atoms with Crippen molar-refractivity contribution in [2.45, 2.75) is 6.04 Å². The van der Waals surface area contributed by atoms with Crippen LogP contribution in [-0.4, -0.2) is 31.6 Å². The highest BCUT2D eigenvalue weighted by molar-refractivity contribution is 5.96. The predicted molar refractivity (Wildman–Crippen MR) is 99.6 cm³/mol. The molecule has 0 spiro atoms. The van der Waals surface area contributed by atoms with Crippen molar-refractivity contribution < 1.29 is 9.59 Å². The monoisotopic (exact) mass is 351 g/mol. The van der Waals surface area contributed by atoms with Gasteiger partial charge in [-0.05, 0) is 29.8 Å². The first kappa shape index (κ1) is 16.6. The lowest BCUT2D eigenvalue weighted by atomic mass is 9.94. The van der Waals surface area contributed by atoms with Gasteiger partial charge in [0.1, 0.15) is 0 Å². The molecular formula is C19H21N5O2. The molecule has 2 aromatic carbocycles. The maximum Gasteiger partial charge on any atom is 0.321 e. The summed E-state index contributed by atoms with van der Waals surface area (Å²) in [5.41, 5.74) is 8.88. The van der Waals surface area contributed by atoms with E-state index in [1.54, 1.807) is 4.90 Å². The van der Waals surface area contributed by atoms with E-state index in [0.717, 1.165) is 16.9 Å². The van der Waals surface area contributed by atoms with Crippen LogP contribution in [0.4, 0.5) is 16.2 Å². The third-order valence-corrected chi connectivity index (χ3v) is 4.78. The van der Waals surface area contributed by atoms with Crippen LogP contribution in [0.2, 0.25) is 0 Å². The van der Waals surface area contributed by atoms with Gasteiger partial charge in [-0.15, -0.1) is 0 Å². The van der Waals surface area contributed by atoms with Crippen molar-refractivity contribution in [1.29, 1.82) is 0 Å². The Kier molecular flexibility index (Phi) is 4.55. The van der Waals surface area contributed by atoms with E-state index in [1.807, 2.05) is 54.6 Å². The number of nitrogens with one attached hydrogen (secondary N) is 4. The zero-order valence-corrected chi connectivity index (χ0v) is 14.2. The molecule has 2 aliphatic heterocycles. The Morgan fingerprint density at radius 3 is 2.54 bits per heavy atom. The predicted octanol–water partition coefficient (Wildman–Crippen LogP) is 1.62. The molecule has 2 aromatic rings. The highest BCUT2D eigenvalue weighted by Crippen LogP contribution is 2.26. The Morgan fingerprint density at radius 1 is 1.08 bits per heavy atom. The van der Waals surface area contributed by atoms with Crippen molar-refractivity contribution >= 4 is 23.3 Å². The van der Waals surface area contributed by atoms with Crippen LogP contribution >= 0.6 is 0 Å². The van der Waals surface area contributed by atoms with E-state index in [1.165, 1.54) is 0 Å². The van der Waals surface area contributed by atoms with Crippen molar-refractivity contribution in [3.05, 3.63) is 60.2 Å². The quantitative estimate of drug-likeness (QED) is 0.674. The number of carbonyl (C=O) groups excluding carboxylic acids is 2. The summed E-state index contributed by atoms with van der Waals surface area (Å²) >= 11 is 0. The molecule has 0 radical (unpaired) electrons. The smallest absolute Gasteiger partial charge is 0.321 e. The van der Waals surface area contributed by atoms with Crippen molar-refractivity contribution in [1.82, 2.24) is 16.2 Å². The molecule has 4 N–H and O–H groups in total. The SMILES string of the molecule is O=C(Nc1ccc(N2CCNC2=O)cc1)C1CNNC1c1ccccc1. The molecule has 2 heterocycles. The topological polar surface area (TPSA) is 85.5 Å². The van der Waals surface area contributed by atoms with Crippen molar-refractivity contribution in [2.24, 2.45) is 5.92 Å². The van der Waals surface area contributed by atoms with Gasteiger partial charge in [-0.1, -0.05) is 30.3 Å². The molecule has 0 bridgehead atoms. The number of rotatable bonds is 4. The normalized spacial score (nSPS) is 22.3. The van der Waals surface area contributed by atoms with E-state index in [2.05, 4.69) is 21.5 Å². The van der Waals surface area contributed by atoms with Crippen LogP contribution in [-0.2, 0) is 4.79 Å². The maximum absolute atomic E-state index is 12.7. The molecule has 7 nitrogen and oxygen atoms in total. The summed E-state index contributed by atoms with van der Waals surface area (Å²) in [6.45, 7) is 1.88. The molecule has 3 amide bonds. The van der Waals surface area contributed by atoms with Gasteiger partial charge in [0.25, 0.3) is 0 Å². The standard InChI is InChI=1S/C19H21N5O2/c25-18(16-12-21-23-17(16)13-4-2-1-3-5-13)22-14-6-8-15(9-7-14)24-11-10-20-19(24)26/h1-9,16-17,21,23H,10-12H2,(H,20,26)(H,22,25). The molecule has 7 heteroatoms. The summed E-state index contributed by atoms with van der Waals surface area (Å²) in [6, 6.07) is 17.1. The summed E-state index contributed by atoms with van der Waals surface area (Å²) in [5.74, 6) is -0.246. The minimum Gasteiger partial charge on any atom is -0.336 e. The molecule has 2 unspecified atom stereocenters. The fourth-order valence-corrected chi connectivity index (χ4v) is 3.40. The van der Waals surface area contributed by atoms with Gasteiger partial charge in [0.05, 0.1) is 12.0 Å². The van der Waals surface area contributed by atoms with Gasteiger partial charge < -0.3 is 10.6 Å². The molecule has 2 saturated heterocycles. The van der Waals surface area contributed by atoms with E-state index >= 15 is 0 Å². The molecular weight excluding hydrogens is 330 g/mol. The molecule has 134 valence electrons. The Morgan fingerprint density at radius 2 is 1.85 bits per heavy atom. The second-order valence-electron chi connectivity index (χ2n) is 6.44. The minimum absolute atomic E-state index is 0.0389. The number of carbonyl (C=O) groups is 2. The number of hydrazine groups is 1. The molecule has 0 aliphatic carbocycles. The molecule has 2 atom stereocenters. The lowest BCUT2D eigenvalue weighted by Gasteiger charge is -2.19. The number of benzene rings is 2. The lowest BCUT2D eigenvalue weighted by Crippen LogP contribution is -2.29. The Bertz CT molecular complexity index is 793. The van der Waals surface area contributed by atoms with Crippen LogP contribution in [0.15, 0.2) is 54.6 Å². The zero-order valence-electron chi connectivity index (χ0n) is 14.2. The molecule has 0 aromatic heterocycles.